The predicted octanol–water partition coefficient (Wildman–Crippen LogP) is 0.289. The Balaban J connectivity index is 1.19. The molecule has 0 unspecified atom stereocenters. The van der Waals surface area contributed by atoms with Crippen LogP contribution in [-0.2, 0) is 21.5 Å². The highest BCUT2D eigenvalue weighted by molar-refractivity contribution is 7.86. The minimum atomic E-state index is -3.36. The van der Waals surface area contributed by atoms with E-state index >= 15 is 0 Å². The fraction of sp³-hybridized carbons (Fsp3) is 0.667. The van der Waals surface area contributed by atoms with Crippen molar-refractivity contribution in [3.63, 3.8) is 0 Å². The third-order valence-electron chi connectivity index (χ3n) is 6.38. The van der Waals surface area contributed by atoms with Gasteiger partial charge >= 0.3 is 0 Å². The van der Waals surface area contributed by atoms with E-state index in [1.807, 2.05) is 11.0 Å². The summed E-state index contributed by atoms with van der Waals surface area (Å²) in [6.07, 6.45) is 1.88. The molecule has 0 bridgehead atoms. The highest BCUT2D eigenvalue weighted by Crippen LogP contribution is 2.18. The van der Waals surface area contributed by atoms with E-state index in [9.17, 15) is 13.2 Å². The SMILES string of the molecule is O=C(CN1CCN(Cc2ccccc2)CC1)N1CCN(S(=O)(=O)N2CCCC2)CC1. The molecular formula is C21H33N5O3S. The lowest BCUT2D eigenvalue weighted by Gasteiger charge is -2.38. The quantitative estimate of drug-likeness (QED) is 0.643. The Labute approximate surface area is 180 Å². The van der Waals surface area contributed by atoms with E-state index in [1.54, 1.807) is 8.61 Å². The van der Waals surface area contributed by atoms with Crippen LogP contribution < -0.4 is 0 Å². The van der Waals surface area contributed by atoms with Gasteiger partial charge in [-0.05, 0) is 18.4 Å². The maximum absolute atomic E-state index is 12.7. The van der Waals surface area contributed by atoms with Crippen LogP contribution >= 0.6 is 0 Å². The molecule has 1 amide bonds. The van der Waals surface area contributed by atoms with Gasteiger partial charge in [-0.25, -0.2) is 0 Å². The highest BCUT2D eigenvalue weighted by atomic mass is 32.2. The molecule has 0 aliphatic carbocycles. The van der Waals surface area contributed by atoms with Crippen molar-refractivity contribution in [3.8, 4) is 0 Å². The number of rotatable bonds is 6. The van der Waals surface area contributed by atoms with Crippen LogP contribution in [-0.4, -0.2) is 110 Å². The minimum Gasteiger partial charge on any atom is -0.339 e. The molecule has 1 aromatic carbocycles. The molecule has 166 valence electrons. The Hall–Kier alpha value is -1.52. The lowest BCUT2D eigenvalue weighted by molar-refractivity contribution is -0.134. The van der Waals surface area contributed by atoms with Crippen LogP contribution in [0.2, 0.25) is 0 Å². The third-order valence-corrected chi connectivity index (χ3v) is 8.42. The Morgan fingerprint density at radius 3 is 1.93 bits per heavy atom. The van der Waals surface area contributed by atoms with Crippen LogP contribution in [0.1, 0.15) is 18.4 Å². The second-order valence-electron chi connectivity index (χ2n) is 8.43. The van der Waals surface area contributed by atoms with Gasteiger partial charge in [0.25, 0.3) is 10.2 Å². The van der Waals surface area contributed by atoms with Crippen LogP contribution in [0.15, 0.2) is 30.3 Å². The Bertz CT molecular complexity index is 797. The molecule has 8 nitrogen and oxygen atoms in total. The average Bonchev–Trinajstić information content (AvgIpc) is 3.32. The smallest absolute Gasteiger partial charge is 0.282 e. The lowest BCUT2D eigenvalue weighted by atomic mass is 10.2. The van der Waals surface area contributed by atoms with Crippen molar-refractivity contribution >= 4 is 16.1 Å². The summed E-state index contributed by atoms with van der Waals surface area (Å²) in [6, 6.07) is 10.5. The summed E-state index contributed by atoms with van der Waals surface area (Å²) in [5, 5.41) is 0. The second-order valence-corrected chi connectivity index (χ2v) is 10.4. The van der Waals surface area contributed by atoms with Crippen molar-refractivity contribution in [1.82, 2.24) is 23.3 Å². The largest absolute Gasteiger partial charge is 0.339 e. The molecule has 3 heterocycles. The van der Waals surface area contributed by atoms with E-state index in [0.29, 0.717) is 45.8 Å². The molecule has 0 spiro atoms. The van der Waals surface area contributed by atoms with Gasteiger partial charge in [0.05, 0.1) is 6.54 Å². The predicted molar refractivity (Wildman–Crippen MR) is 116 cm³/mol. The first kappa shape index (κ1) is 21.7. The minimum absolute atomic E-state index is 0.115. The molecule has 1 aromatic rings. The van der Waals surface area contributed by atoms with Gasteiger partial charge in [-0.2, -0.15) is 17.0 Å². The number of benzene rings is 1. The molecule has 0 saturated carbocycles. The van der Waals surface area contributed by atoms with E-state index in [4.69, 9.17) is 0 Å². The van der Waals surface area contributed by atoms with Crippen molar-refractivity contribution in [2.45, 2.75) is 19.4 Å². The summed E-state index contributed by atoms with van der Waals surface area (Å²) in [5.74, 6) is 0.115. The Kier molecular flexibility index (Phi) is 7.05. The van der Waals surface area contributed by atoms with Crippen LogP contribution in [0, 0.1) is 0 Å². The Morgan fingerprint density at radius 2 is 1.30 bits per heavy atom. The zero-order chi connectivity index (χ0) is 21.0. The van der Waals surface area contributed by atoms with Crippen molar-refractivity contribution in [3.05, 3.63) is 35.9 Å². The first-order valence-corrected chi connectivity index (χ1v) is 12.4. The van der Waals surface area contributed by atoms with Gasteiger partial charge in [0, 0.05) is 72.0 Å². The summed E-state index contributed by atoms with van der Waals surface area (Å²) in [6.45, 7) is 8.10. The zero-order valence-electron chi connectivity index (χ0n) is 17.7. The van der Waals surface area contributed by atoms with Crippen LogP contribution in [0.4, 0.5) is 0 Å². The monoisotopic (exact) mass is 435 g/mol. The van der Waals surface area contributed by atoms with Gasteiger partial charge in [0.1, 0.15) is 0 Å². The highest BCUT2D eigenvalue weighted by Gasteiger charge is 2.34. The van der Waals surface area contributed by atoms with Crippen molar-refractivity contribution in [2.75, 3.05) is 72.0 Å². The summed E-state index contributed by atoms with van der Waals surface area (Å²) in [7, 11) is -3.36. The zero-order valence-corrected chi connectivity index (χ0v) is 18.5. The van der Waals surface area contributed by atoms with Crippen LogP contribution in [0.3, 0.4) is 0 Å². The van der Waals surface area contributed by atoms with Gasteiger partial charge in [0.2, 0.25) is 5.91 Å². The molecule has 4 rings (SSSR count). The number of nitrogens with zero attached hydrogens (tertiary/aromatic N) is 5. The number of piperazine rings is 2. The van der Waals surface area contributed by atoms with Gasteiger partial charge in [-0.3, -0.25) is 14.6 Å². The van der Waals surface area contributed by atoms with Gasteiger partial charge < -0.3 is 4.90 Å². The molecule has 3 aliphatic heterocycles. The summed E-state index contributed by atoms with van der Waals surface area (Å²) < 4.78 is 28.5. The molecule has 3 saturated heterocycles. The van der Waals surface area contributed by atoms with Crippen LogP contribution in [0.5, 0.6) is 0 Å². The molecule has 3 aliphatic rings. The third kappa shape index (κ3) is 5.20. The number of carbonyl (C=O) groups is 1. The fourth-order valence-electron chi connectivity index (χ4n) is 4.49. The molecule has 30 heavy (non-hydrogen) atoms. The van der Waals surface area contributed by atoms with Crippen molar-refractivity contribution in [1.29, 1.82) is 0 Å². The van der Waals surface area contributed by atoms with E-state index in [0.717, 1.165) is 45.6 Å². The number of hydrogen-bond donors (Lipinski definition) is 0. The maximum Gasteiger partial charge on any atom is 0.282 e. The first-order chi connectivity index (χ1) is 14.5. The van der Waals surface area contributed by atoms with E-state index < -0.39 is 10.2 Å². The summed E-state index contributed by atoms with van der Waals surface area (Å²) in [5.41, 5.74) is 1.32. The molecule has 3 fully saturated rings. The van der Waals surface area contributed by atoms with Crippen molar-refractivity contribution in [2.24, 2.45) is 0 Å². The molecular weight excluding hydrogens is 402 g/mol. The first-order valence-electron chi connectivity index (χ1n) is 11.0. The van der Waals surface area contributed by atoms with Gasteiger partial charge in [0.15, 0.2) is 0 Å². The normalized spacial score (nSPS) is 23.1. The number of hydrogen-bond acceptors (Lipinski definition) is 5. The second kappa shape index (κ2) is 9.74. The fourth-order valence-corrected chi connectivity index (χ4v) is 6.16. The molecule has 0 aromatic heterocycles. The lowest BCUT2D eigenvalue weighted by Crippen LogP contribution is -2.56. The molecule has 9 heteroatoms. The number of amides is 1. The summed E-state index contributed by atoms with van der Waals surface area (Å²) >= 11 is 0. The topological polar surface area (TPSA) is 67.4 Å². The van der Waals surface area contributed by atoms with E-state index in [-0.39, 0.29) is 5.91 Å². The summed E-state index contributed by atoms with van der Waals surface area (Å²) in [4.78, 5) is 19.2. The van der Waals surface area contributed by atoms with Gasteiger partial charge in [-0.1, -0.05) is 30.3 Å². The maximum atomic E-state index is 12.7. The van der Waals surface area contributed by atoms with E-state index in [2.05, 4.69) is 34.1 Å². The van der Waals surface area contributed by atoms with Gasteiger partial charge in [-0.15, -0.1) is 0 Å². The number of carbonyl (C=O) groups excluding carboxylic acids is 1. The van der Waals surface area contributed by atoms with E-state index in [1.165, 1.54) is 5.56 Å². The van der Waals surface area contributed by atoms with Crippen LogP contribution in [0.25, 0.3) is 0 Å². The molecule has 0 atom stereocenters. The standard InChI is InChI=1S/C21H33N5O3S/c27-21(19-23-12-10-22(11-13-23)18-20-6-2-1-3-7-20)24-14-16-26(17-15-24)30(28,29)25-8-4-5-9-25/h1-3,6-7H,4-5,8-19H2. The molecule has 0 radical (unpaired) electrons. The average molecular weight is 436 g/mol. The van der Waals surface area contributed by atoms with Crippen molar-refractivity contribution < 1.29 is 13.2 Å². The molecule has 0 N–H and O–H groups in total. The Morgan fingerprint density at radius 1 is 0.733 bits per heavy atom.